The molecule has 0 saturated carbocycles. The summed E-state index contributed by atoms with van der Waals surface area (Å²) in [5, 5.41) is 9.03. The van der Waals surface area contributed by atoms with E-state index in [0.717, 1.165) is 13.0 Å². The van der Waals surface area contributed by atoms with Gasteiger partial charge in [-0.05, 0) is 0 Å². The summed E-state index contributed by atoms with van der Waals surface area (Å²) in [4.78, 5) is 9.03. The Bertz CT molecular complexity index is 55.2. The highest BCUT2D eigenvalue weighted by Crippen LogP contribution is 1.62. The Kier molecular flexibility index (Phi) is 12.8. The molecule has 8 heavy (non-hydrogen) atoms. The van der Waals surface area contributed by atoms with Crippen LogP contribution in [0, 0.1) is 0 Å². The van der Waals surface area contributed by atoms with Crippen molar-refractivity contribution in [2.24, 2.45) is 0 Å². The summed E-state index contributed by atoms with van der Waals surface area (Å²) in [6.45, 7) is 1.89. The number of alkyl halides is 1. The molecule has 1 radical (unpaired) electrons. The summed E-state index contributed by atoms with van der Waals surface area (Å²) in [6, 6.07) is 0. The van der Waals surface area contributed by atoms with Crippen LogP contribution in [0.3, 0.4) is 0 Å². The highest BCUT2D eigenvalue weighted by molar-refractivity contribution is 6.17. The minimum Gasteiger partial charge on any atom is -0.435 e. The quantitative estimate of drug-likeness (QED) is 0.377. The maximum atomic E-state index is 9.03. The van der Waals surface area contributed by atoms with E-state index in [1.807, 2.05) is 6.92 Å². The molecule has 4 heteroatoms. The molecule has 0 saturated heterocycles. The minimum atomic E-state index is -1.50. The monoisotopic (exact) mass is 139 g/mol. The molecule has 0 bridgehead atoms. The number of halogens is 1. The number of methoxy groups -OCH3 is 1. The first-order chi connectivity index (χ1) is 3.68. The Morgan fingerprint density at radius 2 is 1.88 bits per heavy atom. The summed E-state index contributed by atoms with van der Waals surface area (Å²) < 4.78 is 3.56. The van der Waals surface area contributed by atoms with Crippen molar-refractivity contribution in [2.75, 3.05) is 13.0 Å². The zero-order chi connectivity index (χ0) is 6.99. The molecule has 0 rings (SSSR count). The predicted octanol–water partition coefficient (Wildman–Crippen LogP) is 1.43. The number of ether oxygens (including phenoxy) is 1. The molecule has 0 aliphatic carbocycles. The molecule has 0 aromatic carbocycles. The lowest BCUT2D eigenvalue weighted by Crippen LogP contribution is -1.88. The largest absolute Gasteiger partial charge is 0.549 e. The molecular weight excluding hydrogens is 131 g/mol. The van der Waals surface area contributed by atoms with Crippen molar-refractivity contribution in [3.05, 3.63) is 0 Å². The summed E-state index contributed by atoms with van der Waals surface area (Å²) in [5.74, 6) is 0.722. The highest BCUT2D eigenvalue weighted by Gasteiger charge is 1.86. The summed E-state index contributed by atoms with van der Waals surface area (Å²) >= 11 is 5.00. The standard InChI is InChI=1S/C2H5Cl.C2H3O3/c1-2-3;1-5-2(3)4/h2H2,1H3;1H3. The Morgan fingerprint density at radius 1 is 1.75 bits per heavy atom. The van der Waals surface area contributed by atoms with E-state index in [-0.39, 0.29) is 0 Å². The second kappa shape index (κ2) is 9.75. The van der Waals surface area contributed by atoms with E-state index in [1.165, 1.54) is 0 Å². The van der Waals surface area contributed by atoms with E-state index >= 15 is 0 Å². The molecular formula is C4H8ClO3. The normalized spacial score (nSPS) is 6.38. The van der Waals surface area contributed by atoms with Crippen LogP contribution in [0.5, 0.6) is 0 Å². The number of carbonyl (C=O) groups is 1. The van der Waals surface area contributed by atoms with Crippen molar-refractivity contribution in [1.29, 1.82) is 0 Å². The Hall–Kier alpha value is -0.440. The van der Waals surface area contributed by atoms with E-state index in [1.54, 1.807) is 0 Å². The average Bonchev–Trinajstić information content (AvgIpc) is 1.69. The third kappa shape index (κ3) is 47.5. The van der Waals surface area contributed by atoms with Crippen molar-refractivity contribution in [2.45, 2.75) is 6.92 Å². The topological polar surface area (TPSA) is 46.2 Å². The molecule has 0 fully saturated rings. The van der Waals surface area contributed by atoms with Gasteiger partial charge in [0, 0.05) is 5.88 Å². The SMILES string of the molecule is CCCl.COC([O])=O. The van der Waals surface area contributed by atoms with Crippen LogP contribution in [0.25, 0.3) is 0 Å². The number of rotatable bonds is 0. The van der Waals surface area contributed by atoms with E-state index in [0.29, 0.717) is 0 Å². The van der Waals surface area contributed by atoms with Crippen LogP contribution >= 0.6 is 11.6 Å². The van der Waals surface area contributed by atoms with Gasteiger partial charge >= 0.3 is 6.16 Å². The smallest absolute Gasteiger partial charge is 0.435 e. The molecule has 0 aliphatic heterocycles. The van der Waals surface area contributed by atoms with E-state index in [9.17, 15) is 0 Å². The molecule has 0 heterocycles. The first kappa shape index (κ1) is 10.5. The Balaban J connectivity index is 0. The van der Waals surface area contributed by atoms with Gasteiger partial charge in [0.25, 0.3) is 0 Å². The first-order valence-electron chi connectivity index (χ1n) is 1.99. The van der Waals surface area contributed by atoms with Gasteiger partial charge in [-0.25, -0.2) is 0 Å². The van der Waals surface area contributed by atoms with E-state index in [2.05, 4.69) is 4.74 Å². The lowest BCUT2D eigenvalue weighted by Gasteiger charge is -1.74. The molecule has 0 N–H and O–H groups in total. The lowest BCUT2D eigenvalue weighted by molar-refractivity contribution is 0.0877. The Labute approximate surface area is 53.2 Å². The molecule has 0 amide bonds. The summed E-state index contributed by atoms with van der Waals surface area (Å²) in [7, 11) is 1.04. The van der Waals surface area contributed by atoms with Crippen LogP contribution in [0.4, 0.5) is 4.79 Å². The third-order valence-corrected chi connectivity index (χ3v) is 0.167. The van der Waals surface area contributed by atoms with Gasteiger partial charge in [0.05, 0.1) is 7.11 Å². The van der Waals surface area contributed by atoms with Crippen LogP contribution in [-0.4, -0.2) is 19.1 Å². The number of carbonyl (C=O) groups excluding carboxylic acids is 1. The lowest BCUT2D eigenvalue weighted by atomic mass is 11.0. The van der Waals surface area contributed by atoms with Crippen molar-refractivity contribution in [3.8, 4) is 0 Å². The van der Waals surface area contributed by atoms with Gasteiger partial charge in [0.2, 0.25) is 0 Å². The minimum absolute atomic E-state index is 0.722. The van der Waals surface area contributed by atoms with E-state index in [4.69, 9.17) is 21.5 Å². The molecule has 0 aromatic rings. The van der Waals surface area contributed by atoms with Gasteiger partial charge in [0.1, 0.15) is 0 Å². The maximum absolute atomic E-state index is 9.03. The average molecular weight is 140 g/mol. The molecule has 3 nitrogen and oxygen atoms in total. The summed E-state index contributed by atoms with van der Waals surface area (Å²) in [5.41, 5.74) is 0. The summed E-state index contributed by atoms with van der Waals surface area (Å²) in [6.07, 6.45) is -1.50. The van der Waals surface area contributed by atoms with Gasteiger partial charge in [-0.1, -0.05) is 6.92 Å². The fourth-order valence-electron chi connectivity index (χ4n) is 0. The van der Waals surface area contributed by atoms with Crippen molar-refractivity contribution < 1.29 is 14.6 Å². The maximum Gasteiger partial charge on any atom is 0.549 e. The van der Waals surface area contributed by atoms with Crippen LogP contribution in [-0.2, 0) is 9.84 Å². The number of hydrogen-bond acceptors (Lipinski definition) is 2. The third-order valence-electron chi connectivity index (χ3n) is 0.167. The molecule has 0 aliphatic rings. The fourth-order valence-corrected chi connectivity index (χ4v) is 0. The zero-order valence-electron chi connectivity index (χ0n) is 4.81. The van der Waals surface area contributed by atoms with Crippen molar-refractivity contribution in [3.63, 3.8) is 0 Å². The van der Waals surface area contributed by atoms with Gasteiger partial charge < -0.3 is 4.74 Å². The highest BCUT2D eigenvalue weighted by atomic mass is 35.5. The van der Waals surface area contributed by atoms with Gasteiger partial charge in [-0.3, -0.25) is 0 Å². The number of hydrogen-bond donors (Lipinski definition) is 0. The molecule has 49 valence electrons. The first-order valence-corrected chi connectivity index (χ1v) is 2.53. The predicted molar refractivity (Wildman–Crippen MR) is 29.5 cm³/mol. The van der Waals surface area contributed by atoms with Crippen LogP contribution in [0.1, 0.15) is 6.92 Å². The Morgan fingerprint density at radius 3 is 1.88 bits per heavy atom. The molecule has 0 spiro atoms. The van der Waals surface area contributed by atoms with Gasteiger partial charge in [-0.15, -0.1) is 11.6 Å². The van der Waals surface area contributed by atoms with E-state index < -0.39 is 6.16 Å². The molecule has 0 atom stereocenters. The second-order valence-corrected chi connectivity index (χ2v) is 1.26. The zero-order valence-corrected chi connectivity index (χ0v) is 5.57. The van der Waals surface area contributed by atoms with Crippen LogP contribution in [0.2, 0.25) is 0 Å². The second-order valence-electron chi connectivity index (χ2n) is 0.721. The fraction of sp³-hybridized carbons (Fsp3) is 0.750. The van der Waals surface area contributed by atoms with Crippen LogP contribution < -0.4 is 0 Å². The van der Waals surface area contributed by atoms with Crippen LogP contribution in [0.15, 0.2) is 0 Å². The molecule has 0 aromatic heterocycles. The van der Waals surface area contributed by atoms with Gasteiger partial charge in [0.15, 0.2) is 0 Å². The van der Waals surface area contributed by atoms with Crippen molar-refractivity contribution >= 4 is 17.8 Å². The van der Waals surface area contributed by atoms with Crippen molar-refractivity contribution in [1.82, 2.24) is 0 Å². The van der Waals surface area contributed by atoms with Gasteiger partial charge in [-0.2, -0.15) is 9.90 Å². The molecule has 0 unspecified atom stereocenters.